The smallest absolute Gasteiger partial charge is 0.321 e. The van der Waals surface area contributed by atoms with E-state index in [1.54, 1.807) is 6.33 Å². The zero-order valence-corrected chi connectivity index (χ0v) is 21.3. The highest BCUT2D eigenvalue weighted by atomic mass is 35.5. The third-order valence-corrected chi connectivity index (χ3v) is 6.21. The molecular formula is C27H29ClN6O2. The van der Waals surface area contributed by atoms with Gasteiger partial charge in [-0.3, -0.25) is 0 Å². The first kappa shape index (κ1) is 23.9. The van der Waals surface area contributed by atoms with Gasteiger partial charge in [-0.2, -0.15) is 0 Å². The minimum atomic E-state index is -0.266. The third kappa shape index (κ3) is 5.39. The van der Waals surface area contributed by atoms with E-state index in [9.17, 15) is 4.79 Å². The van der Waals surface area contributed by atoms with Gasteiger partial charge in [-0.25, -0.2) is 14.8 Å². The van der Waals surface area contributed by atoms with E-state index < -0.39 is 0 Å². The Balaban J connectivity index is 1.23. The average molecular weight is 505 g/mol. The van der Waals surface area contributed by atoms with Crippen molar-refractivity contribution in [1.82, 2.24) is 19.9 Å². The molecule has 2 aromatic heterocycles. The zero-order valence-electron chi connectivity index (χ0n) is 20.6. The number of nitrogens with zero attached hydrogens (tertiary/aromatic N) is 4. The largest absolute Gasteiger partial charge is 0.488 e. The molecule has 1 aliphatic heterocycles. The monoisotopic (exact) mass is 504 g/mol. The van der Waals surface area contributed by atoms with Crippen molar-refractivity contribution in [1.29, 1.82) is 0 Å². The summed E-state index contributed by atoms with van der Waals surface area (Å²) < 4.78 is 5.85. The number of hydrogen-bond donors (Lipinski definition) is 2. The molecule has 2 amide bonds. The molecular weight excluding hydrogens is 476 g/mol. The quantitative estimate of drug-likeness (QED) is 0.366. The normalized spacial score (nSPS) is 14.2. The number of aromatic nitrogens is 3. The Labute approximate surface area is 215 Å². The predicted molar refractivity (Wildman–Crippen MR) is 144 cm³/mol. The van der Waals surface area contributed by atoms with Gasteiger partial charge in [0, 0.05) is 42.6 Å². The number of amides is 2. The molecule has 8 nitrogen and oxygen atoms in total. The lowest BCUT2D eigenvalue weighted by Gasteiger charge is -2.35. The van der Waals surface area contributed by atoms with Crippen molar-refractivity contribution in [3.63, 3.8) is 0 Å². The first-order valence-electron chi connectivity index (χ1n) is 11.9. The van der Waals surface area contributed by atoms with Crippen LogP contribution in [0.1, 0.15) is 20.8 Å². The highest BCUT2D eigenvalue weighted by molar-refractivity contribution is 6.30. The van der Waals surface area contributed by atoms with Crippen LogP contribution in [0.4, 0.5) is 16.3 Å². The van der Waals surface area contributed by atoms with Crippen LogP contribution in [0, 0.1) is 0 Å². The Bertz CT molecular complexity index is 1350. The summed E-state index contributed by atoms with van der Waals surface area (Å²) in [6.07, 6.45) is 1.58. The summed E-state index contributed by atoms with van der Waals surface area (Å²) >= 11 is 6.03. The van der Waals surface area contributed by atoms with E-state index in [0.29, 0.717) is 31.2 Å². The summed E-state index contributed by atoms with van der Waals surface area (Å²) in [5, 5.41) is 4.64. The van der Waals surface area contributed by atoms with Crippen molar-refractivity contribution in [2.75, 3.05) is 36.4 Å². The summed E-state index contributed by atoms with van der Waals surface area (Å²) in [7, 11) is 0. The molecule has 2 aromatic carbocycles. The number of H-pyrrole nitrogens is 1. The first-order chi connectivity index (χ1) is 17.2. The molecule has 36 heavy (non-hydrogen) atoms. The van der Waals surface area contributed by atoms with Crippen molar-refractivity contribution < 1.29 is 9.53 Å². The van der Waals surface area contributed by atoms with Gasteiger partial charge in [0.1, 0.15) is 29.1 Å². The van der Waals surface area contributed by atoms with Crippen LogP contribution in [0.2, 0.25) is 5.02 Å². The van der Waals surface area contributed by atoms with Gasteiger partial charge in [0.15, 0.2) is 0 Å². The number of hydrogen-bond acceptors (Lipinski definition) is 5. The minimum Gasteiger partial charge on any atom is -0.488 e. The molecule has 1 fully saturated rings. The molecule has 5 rings (SSSR count). The van der Waals surface area contributed by atoms with Gasteiger partial charge in [0.25, 0.3) is 0 Å². The van der Waals surface area contributed by atoms with Crippen LogP contribution in [-0.4, -0.2) is 57.7 Å². The average Bonchev–Trinajstić information content (AvgIpc) is 3.29. The molecule has 186 valence electrons. The molecule has 0 bridgehead atoms. The van der Waals surface area contributed by atoms with Crippen molar-refractivity contribution in [2.24, 2.45) is 0 Å². The van der Waals surface area contributed by atoms with E-state index in [1.165, 1.54) is 0 Å². The number of rotatable bonds is 4. The number of fused-ring (bicyclic) bond motifs is 1. The standard InChI is InChI=1S/C27H29ClN6O2/c1-27(2,3)36-21-10-8-20(9-11-21)31-26(35)34-14-12-33(13-15-34)25-22-16-23(32-24(22)29-17-30-25)18-4-6-19(28)7-5-18/h4-11,16-17H,12-15H2,1-3H3,(H,31,35)(H,29,30,32). The summed E-state index contributed by atoms with van der Waals surface area (Å²) in [6.45, 7) is 8.56. The van der Waals surface area contributed by atoms with Gasteiger partial charge in [-0.1, -0.05) is 23.7 Å². The Kier molecular flexibility index (Phi) is 6.45. The van der Waals surface area contributed by atoms with Gasteiger partial charge in [-0.15, -0.1) is 0 Å². The van der Waals surface area contributed by atoms with Crippen LogP contribution < -0.4 is 15.0 Å². The van der Waals surface area contributed by atoms with Gasteiger partial charge in [0.05, 0.1) is 5.39 Å². The van der Waals surface area contributed by atoms with E-state index >= 15 is 0 Å². The molecule has 0 saturated carbocycles. The second kappa shape index (κ2) is 9.70. The number of ether oxygens (including phenoxy) is 1. The molecule has 4 aromatic rings. The second-order valence-electron chi connectivity index (χ2n) is 9.79. The maximum Gasteiger partial charge on any atom is 0.321 e. The number of anilines is 2. The minimum absolute atomic E-state index is 0.112. The van der Waals surface area contributed by atoms with Gasteiger partial charge in [-0.05, 0) is 68.8 Å². The number of nitrogens with one attached hydrogen (secondary N) is 2. The maximum absolute atomic E-state index is 12.8. The highest BCUT2D eigenvalue weighted by Crippen LogP contribution is 2.30. The Hall–Kier alpha value is -3.78. The number of piperazine rings is 1. The predicted octanol–water partition coefficient (Wildman–Crippen LogP) is 5.81. The van der Waals surface area contributed by atoms with Crippen LogP contribution in [-0.2, 0) is 0 Å². The fourth-order valence-corrected chi connectivity index (χ4v) is 4.37. The number of carbonyl (C=O) groups is 1. The molecule has 9 heteroatoms. The molecule has 1 aliphatic rings. The Morgan fingerprint density at radius 3 is 2.36 bits per heavy atom. The Morgan fingerprint density at radius 2 is 1.69 bits per heavy atom. The van der Waals surface area contributed by atoms with E-state index in [0.717, 1.165) is 39.5 Å². The molecule has 0 atom stereocenters. The molecule has 1 saturated heterocycles. The van der Waals surface area contributed by atoms with Crippen molar-refractivity contribution in [3.05, 3.63) is 65.9 Å². The lowest BCUT2D eigenvalue weighted by Crippen LogP contribution is -2.50. The number of halogens is 1. The van der Waals surface area contributed by atoms with Gasteiger partial charge >= 0.3 is 6.03 Å². The summed E-state index contributed by atoms with van der Waals surface area (Å²) in [6, 6.07) is 17.1. The van der Waals surface area contributed by atoms with E-state index in [2.05, 4.69) is 31.2 Å². The Morgan fingerprint density at radius 1 is 1.00 bits per heavy atom. The van der Waals surface area contributed by atoms with E-state index in [4.69, 9.17) is 16.3 Å². The number of carbonyl (C=O) groups excluding carboxylic acids is 1. The molecule has 0 aliphatic carbocycles. The highest BCUT2D eigenvalue weighted by Gasteiger charge is 2.24. The topological polar surface area (TPSA) is 86.4 Å². The first-order valence-corrected chi connectivity index (χ1v) is 12.3. The fourth-order valence-electron chi connectivity index (χ4n) is 4.25. The molecule has 3 heterocycles. The number of aromatic amines is 1. The second-order valence-corrected chi connectivity index (χ2v) is 10.2. The maximum atomic E-state index is 12.8. The van der Waals surface area contributed by atoms with Crippen molar-refractivity contribution in [2.45, 2.75) is 26.4 Å². The fraction of sp³-hybridized carbons (Fsp3) is 0.296. The summed E-state index contributed by atoms with van der Waals surface area (Å²) in [4.78, 5) is 29.2. The summed E-state index contributed by atoms with van der Waals surface area (Å²) in [5.74, 6) is 1.64. The van der Waals surface area contributed by atoms with Crippen LogP contribution in [0.25, 0.3) is 22.3 Å². The summed E-state index contributed by atoms with van der Waals surface area (Å²) in [5.41, 5.74) is 3.24. The zero-order chi connectivity index (χ0) is 25.3. The molecule has 2 N–H and O–H groups in total. The van der Waals surface area contributed by atoms with Crippen molar-refractivity contribution in [3.8, 4) is 17.0 Å². The van der Waals surface area contributed by atoms with E-state index in [1.807, 2.05) is 74.2 Å². The van der Waals surface area contributed by atoms with E-state index in [-0.39, 0.29) is 11.6 Å². The molecule has 0 spiro atoms. The lowest BCUT2D eigenvalue weighted by atomic mass is 10.1. The van der Waals surface area contributed by atoms with Gasteiger partial charge in [0.2, 0.25) is 0 Å². The molecule has 0 radical (unpaired) electrons. The third-order valence-electron chi connectivity index (χ3n) is 5.96. The van der Waals surface area contributed by atoms with Crippen molar-refractivity contribution >= 4 is 40.2 Å². The van der Waals surface area contributed by atoms with Gasteiger partial charge < -0.3 is 24.8 Å². The van der Waals surface area contributed by atoms with Crippen LogP contribution in [0.15, 0.2) is 60.9 Å². The number of urea groups is 1. The molecule has 0 unspecified atom stereocenters. The van der Waals surface area contributed by atoms with Crippen LogP contribution in [0.5, 0.6) is 5.75 Å². The number of benzene rings is 2. The lowest BCUT2D eigenvalue weighted by molar-refractivity contribution is 0.131. The SMILES string of the molecule is CC(C)(C)Oc1ccc(NC(=O)N2CCN(c3ncnc4[nH]c(-c5ccc(Cl)cc5)cc34)CC2)cc1. The van der Waals surface area contributed by atoms with Crippen LogP contribution >= 0.6 is 11.6 Å². The van der Waals surface area contributed by atoms with Crippen LogP contribution in [0.3, 0.4) is 0 Å².